The summed E-state index contributed by atoms with van der Waals surface area (Å²) < 4.78 is 5.35. The fraction of sp³-hybridized carbons (Fsp3) is 0.867. The molecule has 0 aromatic carbocycles. The van der Waals surface area contributed by atoms with Crippen molar-refractivity contribution in [2.75, 3.05) is 0 Å². The molecule has 1 aromatic rings. The van der Waals surface area contributed by atoms with Crippen molar-refractivity contribution in [1.82, 2.24) is 10.1 Å². The zero-order valence-corrected chi connectivity index (χ0v) is 12.4. The second-order valence-corrected chi connectivity index (χ2v) is 6.28. The highest BCUT2D eigenvalue weighted by molar-refractivity contribution is 4.98. The highest BCUT2D eigenvalue weighted by Gasteiger charge is 2.25. The molecule has 1 atom stereocenters. The van der Waals surface area contributed by atoms with Gasteiger partial charge in [-0.25, -0.2) is 0 Å². The van der Waals surface area contributed by atoms with Crippen LogP contribution in [0.4, 0.5) is 0 Å². The Bertz CT molecular complexity index is 380. The van der Waals surface area contributed by atoms with Gasteiger partial charge in [-0.3, -0.25) is 0 Å². The molecule has 1 fully saturated rings. The minimum Gasteiger partial charge on any atom is -0.339 e. The molecule has 0 spiro atoms. The molecule has 19 heavy (non-hydrogen) atoms. The number of hydrogen-bond donors (Lipinski definition) is 1. The van der Waals surface area contributed by atoms with Gasteiger partial charge in [-0.05, 0) is 37.5 Å². The van der Waals surface area contributed by atoms with Gasteiger partial charge in [0.25, 0.3) is 0 Å². The van der Waals surface area contributed by atoms with Crippen LogP contribution < -0.4 is 5.73 Å². The number of aromatic nitrogens is 2. The van der Waals surface area contributed by atoms with E-state index in [1.54, 1.807) is 0 Å². The van der Waals surface area contributed by atoms with E-state index in [0.29, 0.717) is 24.1 Å². The molecule has 0 amide bonds. The second kappa shape index (κ2) is 6.51. The molecule has 2 rings (SSSR count). The van der Waals surface area contributed by atoms with Gasteiger partial charge in [0, 0.05) is 18.4 Å². The van der Waals surface area contributed by atoms with Crippen molar-refractivity contribution in [3.05, 3.63) is 11.7 Å². The summed E-state index contributed by atoms with van der Waals surface area (Å²) in [7, 11) is 0. The minimum absolute atomic E-state index is 0.101. The molecular weight excluding hydrogens is 238 g/mol. The summed E-state index contributed by atoms with van der Waals surface area (Å²) in [5.41, 5.74) is 6.04. The summed E-state index contributed by atoms with van der Waals surface area (Å²) in [6.45, 7) is 6.52. The van der Waals surface area contributed by atoms with Crippen molar-refractivity contribution < 1.29 is 4.52 Å². The molecule has 1 aliphatic carbocycles. The van der Waals surface area contributed by atoms with E-state index in [1.165, 1.54) is 32.1 Å². The topological polar surface area (TPSA) is 64.9 Å². The Hall–Kier alpha value is -0.900. The maximum atomic E-state index is 6.04. The summed E-state index contributed by atoms with van der Waals surface area (Å²) in [5.74, 6) is 3.44. The van der Waals surface area contributed by atoms with Crippen LogP contribution in [-0.4, -0.2) is 16.2 Å². The molecule has 0 aliphatic heterocycles. The van der Waals surface area contributed by atoms with Crippen molar-refractivity contribution in [2.45, 2.75) is 71.3 Å². The molecular formula is C15H27N3O. The van der Waals surface area contributed by atoms with Crippen molar-refractivity contribution in [3.8, 4) is 0 Å². The average Bonchev–Trinajstić information content (AvgIpc) is 2.87. The summed E-state index contributed by atoms with van der Waals surface area (Å²) in [5, 5.41) is 4.16. The maximum Gasteiger partial charge on any atom is 0.228 e. The zero-order valence-electron chi connectivity index (χ0n) is 12.4. The van der Waals surface area contributed by atoms with E-state index in [2.05, 4.69) is 30.9 Å². The molecule has 0 saturated heterocycles. The fourth-order valence-electron chi connectivity index (χ4n) is 2.78. The van der Waals surface area contributed by atoms with Crippen LogP contribution in [0.3, 0.4) is 0 Å². The summed E-state index contributed by atoms with van der Waals surface area (Å²) >= 11 is 0. The van der Waals surface area contributed by atoms with E-state index in [1.807, 2.05) is 0 Å². The van der Waals surface area contributed by atoms with Crippen LogP contribution in [0.1, 0.15) is 70.5 Å². The standard InChI is InChI=1S/C15H27N3O/c1-4-11-5-7-12(8-6-11)15-17-14(19-18-15)9-13(16)10(2)3/h10-13H,4-9,16H2,1-3H3. The molecule has 1 heterocycles. The number of nitrogens with two attached hydrogens (primary N) is 1. The molecule has 1 aromatic heterocycles. The first kappa shape index (κ1) is 14.5. The van der Waals surface area contributed by atoms with Crippen LogP contribution in [0, 0.1) is 11.8 Å². The SMILES string of the molecule is CCC1CCC(c2noc(CC(N)C(C)C)n2)CC1. The van der Waals surface area contributed by atoms with Gasteiger partial charge >= 0.3 is 0 Å². The predicted octanol–water partition coefficient (Wildman–Crippen LogP) is 3.28. The van der Waals surface area contributed by atoms with Crippen LogP contribution in [0.25, 0.3) is 0 Å². The quantitative estimate of drug-likeness (QED) is 0.887. The zero-order chi connectivity index (χ0) is 13.8. The van der Waals surface area contributed by atoms with Gasteiger partial charge in [0.05, 0.1) is 0 Å². The molecule has 1 aliphatic rings. The number of nitrogens with zero attached hydrogens (tertiary/aromatic N) is 2. The monoisotopic (exact) mass is 265 g/mol. The van der Waals surface area contributed by atoms with E-state index in [9.17, 15) is 0 Å². The van der Waals surface area contributed by atoms with Gasteiger partial charge in [0.15, 0.2) is 5.82 Å². The Morgan fingerprint density at radius 1 is 1.26 bits per heavy atom. The lowest BCUT2D eigenvalue weighted by Crippen LogP contribution is -2.28. The molecule has 0 radical (unpaired) electrons. The van der Waals surface area contributed by atoms with Gasteiger partial charge in [0.2, 0.25) is 5.89 Å². The van der Waals surface area contributed by atoms with E-state index in [0.717, 1.165) is 11.7 Å². The second-order valence-electron chi connectivity index (χ2n) is 6.28. The third kappa shape index (κ3) is 3.78. The lowest BCUT2D eigenvalue weighted by atomic mass is 9.80. The van der Waals surface area contributed by atoms with Gasteiger partial charge in [-0.15, -0.1) is 0 Å². The lowest BCUT2D eigenvalue weighted by molar-refractivity contribution is 0.301. The van der Waals surface area contributed by atoms with Gasteiger partial charge in [-0.2, -0.15) is 4.98 Å². The van der Waals surface area contributed by atoms with Gasteiger partial charge < -0.3 is 10.3 Å². The summed E-state index contributed by atoms with van der Waals surface area (Å²) in [6.07, 6.45) is 7.00. The van der Waals surface area contributed by atoms with Crippen LogP contribution in [0.15, 0.2) is 4.52 Å². The Balaban J connectivity index is 1.90. The van der Waals surface area contributed by atoms with Crippen LogP contribution in [0.5, 0.6) is 0 Å². The van der Waals surface area contributed by atoms with Crippen LogP contribution >= 0.6 is 0 Å². The summed E-state index contributed by atoms with van der Waals surface area (Å²) in [6, 6.07) is 0.101. The molecule has 0 bridgehead atoms. The first-order valence-electron chi connectivity index (χ1n) is 7.68. The van der Waals surface area contributed by atoms with Crippen LogP contribution in [0.2, 0.25) is 0 Å². The van der Waals surface area contributed by atoms with E-state index >= 15 is 0 Å². The third-order valence-corrected chi connectivity index (χ3v) is 4.54. The smallest absolute Gasteiger partial charge is 0.228 e. The molecule has 4 nitrogen and oxygen atoms in total. The first-order valence-corrected chi connectivity index (χ1v) is 7.68. The van der Waals surface area contributed by atoms with Crippen molar-refractivity contribution in [2.24, 2.45) is 17.6 Å². The Morgan fingerprint density at radius 2 is 1.95 bits per heavy atom. The molecule has 1 saturated carbocycles. The Labute approximate surface area is 116 Å². The largest absolute Gasteiger partial charge is 0.339 e. The minimum atomic E-state index is 0.101. The number of rotatable bonds is 5. The molecule has 2 N–H and O–H groups in total. The van der Waals surface area contributed by atoms with Gasteiger partial charge in [-0.1, -0.05) is 32.3 Å². The van der Waals surface area contributed by atoms with E-state index < -0.39 is 0 Å². The van der Waals surface area contributed by atoms with Crippen molar-refractivity contribution in [3.63, 3.8) is 0 Å². The normalized spacial score (nSPS) is 25.7. The molecule has 108 valence electrons. The highest BCUT2D eigenvalue weighted by atomic mass is 16.5. The first-order chi connectivity index (χ1) is 9.10. The lowest BCUT2D eigenvalue weighted by Gasteiger charge is -2.25. The van der Waals surface area contributed by atoms with Crippen LogP contribution in [-0.2, 0) is 6.42 Å². The summed E-state index contributed by atoms with van der Waals surface area (Å²) in [4.78, 5) is 4.55. The fourth-order valence-corrected chi connectivity index (χ4v) is 2.78. The predicted molar refractivity (Wildman–Crippen MR) is 75.8 cm³/mol. The van der Waals surface area contributed by atoms with Crippen molar-refractivity contribution in [1.29, 1.82) is 0 Å². The average molecular weight is 265 g/mol. The third-order valence-electron chi connectivity index (χ3n) is 4.54. The highest BCUT2D eigenvalue weighted by Crippen LogP contribution is 2.35. The molecule has 1 unspecified atom stereocenters. The Morgan fingerprint density at radius 3 is 2.53 bits per heavy atom. The van der Waals surface area contributed by atoms with Crippen molar-refractivity contribution >= 4 is 0 Å². The van der Waals surface area contributed by atoms with E-state index in [-0.39, 0.29) is 6.04 Å². The van der Waals surface area contributed by atoms with E-state index in [4.69, 9.17) is 10.3 Å². The van der Waals surface area contributed by atoms with Gasteiger partial charge in [0.1, 0.15) is 0 Å². The maximum absolute atomic E-state index is 6.04. The number of hydrogen-bond acceptors (Lipinski definition) is 4. The molecule has 4 heteroatoms. The Kier molecular flexibility index (Phi) is 4.97.